The maximum absolute atomic E-state index is 4.09. The van der Waals surface area contributed by atoms with Gasteiger partial charge in [0.15, 0.2) is 0 Å². The minimum atomic E-state index is 0.302. The Hall–Kier alpha value is -1.68. The summed E-state index contributed by atoms with van der Waals surface area (Å²) in [7, 11) is 1.96. The lowest BCUT2D eigenvalue weighted by Crippen LogP contribution is -2.21. The number of hydrogen-bond donors (Lipinski definition) is 1. The highest BCUT2D eigenvalue weighted by atomic mass is 15.3. The summed E-state index contributed by atoms with van der Waals surface area (Å²) >= 11 is 0. The maximum Gasteiger partial charge on any atom is 0.146 e. The summed E-state index contributed by atoms with van der Waals surface area (Å²) in [5, 5.41) is 11.5. The Morgan fingerprint density at radius 2 is 1.84 bits per heavy atom. The third-order valence-electron chi connectivity index (χ3n) is 3.72. The quantitative estimate of drug-likeness (QED) is 0.916. The zero-order valence-electron chi connectivity index (χ0n) is 12.4. The SMILES string of the molecule is Cc1cc(C)c(C(C)NCc2nncn2C)cc1C. The fourth-order valence-corrected chi connectivity index (χ4v) is 2.27. The summed E-state index contributed by atoms with van der Waals surface area (Å²) in [6.45, 7) is 9.40. The van der Waals surface area contributed by atoms with E-state index in [-0.39, 0.29) is 0 Å². The lowest BCUT2D eigenvalue weighted by atomic mass is 9.96. The first-order valence-corrected chi connectivity index (χ1v) is 6.63. The second-order valence-electron chi connectivity index (χ2n) is 5.25. The molecule has 0 amide bonds. The third kappa shape index (κ3) is 3.01. The first kappa shape index (κ1) is 13.7. The van der Waals surface area contributed by atoms with Gasteiger partial charge < -0.3 is 9.88 Å². The fraction of sp³-hybridized carbons (Fsp3) is 0.467. The van der Waals surface area contributed by atoms with E-state index in [1.165, 1.54) is 22.3 Å². The number of nitrogens with zero attached hydrogens (tertiary/aromatic N) is 3. The minimum Gasteiger partial charge on any atom is -0.320 e. The van der Waals surface area contributed by atoms with Gasteiger partial charge in [0.1, 0.15) is 12.2 Å². The number of hydrogen-bond acceptors (Lipinski definition) is 3. The molecule has 0 saturated carbocycles. The van der Waals surface area contributed by atoms with Gasteiger partial charge in [-0.25, -0.2) is 0 Å². The lowest BCUT2D eigenvalue weighted by Gasteiger charge is -2.18. The van der Waals surface area contributed by atoms with Crippen LogP contribution in [-0.4, -0.2) is 14.8 Å². The van der Waals surface area contributed by atoms with Crippen molar-refractivity contribution < 1.29 is 0 Å². The molecule has 0 spiro atoms. The molecule has 2 aromatic rings. The van der Waals surface area contributed by atoms with Crippen molar-refractivity contribution in [2.45, 2.75) is 40.3 Å². The number of nitrogens with one attached hydrogen (secondary N) is 1. The molecule has 1 aromatic carbocycles. The molecular formula is C15H22N4. The van der Waals surface area contributed by atoms with Gasteiger partial charge in [0.2, 0.25) is 0 Å². The van der Waals surface area contributed by atoms with Crippen molar-refractivity contribution in [2.24, 2.45) is 7.05 Å². The van der Waals surface area contributed by atoms with Crippen LogP contribution in [0.3, 0.4) is 0 Å². The summed E-state index contributed by atoms with van der Waals surface area (Å²) in [4.78, 5) is 0. The van der Waals surface area contributed by atoms with Gasteiger partial charge in [0.05, 0.1) is 6.54 Å². The Balaban J connectivity index is 2.10. The molecule has 0 aliphatic rings. The Morgan fingerprint density at radius 1 is 1.16 bits per heavy atom. The van der Waals surface area contributed by atoms with E-state index < -0.39 is 0 Å². The lowest BCUT2D eigenvalue weighted by molar-refractivity contribution is 0.546. The van der Waals surface area contributed by atoms with Crippen LogP contribution >= 0.6 is 0 Å². The Labute approximate surface area is 114 Å². The first-order chi connectivity index (χ1) is 8.99. The number of benzene rings is 1. The topological polar surface area (TPSA) is 42.7 Å². The number of aromatic nitrogens is 3. The van der Waals surface area contributed by atoms with E-state index in [2.05, 4.69) is 55.3 Å². The molecule has 102 valence electrons. The second-order valence-corrected chi connectivity index (χ2v) is 5.25. The first-order valence-electron chi connectivity index (χ1n) is 6.63. The Kier molecular flexibility index (Phi) is 4.00. The second kappa shape index (κ2) is 5.53. The molecule has 1 unspecified atom stereocenters. The molecule has 0 bridgehead atoms. The van der Waals surface area contributed by atoms with Crippen LogP contribution in [0.4, 0.5) is 0 Å². The van der Waals surface area contributed by atoms with Crippen molar-refractivity contribution in [1.82, 2.24) is 20.1 Å². The standard InChI is InChI=1S/C15H22N4/c1-10-6-12(3)14(7-11(10)2)13(4)16-8-15-18-17-9-19(15)5/h6-7,9,13,16H,8H2,1-5H3. The van der Waals surface area contributed by atoms with Gasteiger partial charge >= 0.3 is 0 Å². The van der Waals surface area contributed by atoms with Crippen LogP contribution in [0.15, 0.2) is 18.5 Å². The average molecular weight is 258 g/mol. The minimum absolute atomic E-state index is 0.302. The summed E-state index contributed by atoms with van der Waals surface area (Å²) in [6.07, 6.45) is 1.73. The molecular weight excluding hydrogens is 236 g/mol. The van der Waals surface area contributed by atoms with E-state index in [4.69, 9.17) is 0 Å². The van der Waals surface area contributed by atoms with Crippen molar-refractivity contribution in [1.29, 1.82) is 0 Å². The van der Waals surface area contributed by atoms with Crippen LogP contribution in [0, 0.1) is 20.8 Å². The van der Waals surface area contributed by atoms with Gasteiger partial charge in [-0.05, 0) is 49.9 Å². The highest BCUT2D eigenvalue weighted by molar-refractivity contribution is 5.38. The molecule has 4 heteroatoms. The van der Waals surface area contributed by atoms with Gasteiger partial charge in [-0.3, -0.25) is 0 Å². The van der Waals surface area contributed by atoms with Crippen LogP contribution in [0.5, 0.6) is 0 Å². The highest BCUT2D eigenvalue weighted by Crippen LogP contribution is 2.21. The molecule has 0 aliphatic carbocycles. The van der Waals surface area contributed by atoms with Gasteiger partial charge in [-0.2, -0.15) is 0 Å². The van der Waals surface area contributed by atoms with Crippen molar-refractivity contribution in [3.8, 4) is 0 Å². The van der Waals surface area contributed by atoms with Gasteiger partial charge in [0, 0.05) is 13.1 Å². The predicted molar refractivity (Wildman–Crippen MR) is 76.9 cm³/mol. The molecule has 1 heterocycles. The van der Waals surface area contributed by atoms with E-state index in [9.17, 15) is 0 Å². The summed E-state index contributed by atoms with van der Waals surface area (Å²) < 4.78 is 1.94. The molecule has 0 saturated heterocycles. The molecule has 19 heavy (non-hydrogen) atoms. The highest BCUT2D eigenvalue weighted by Gasteiger charge is 2.10. The number of rotatable bonds is 4. The predicted octanol–water partition coefficient (Wildman–Crippen LogP) is 2.59. The van der Waals surface area contributed by atoms with E-state index in [1.54, 1.807) is 6.33 Å². The molecule has 1 atom stereocenters. The molecule has 0 aliphatic heterocycles. The van der Waals surface area contributed by atoms with Crippen LogP contribution < -0.4 is 5.32 Å². The zero-order chi connectivity index (χ0) is 14.0. The van der Waals surface area contributed by atoms with Crippen LogP contribution in [-0.2, 0) is 13.6 Å². The van der Waals surface area contributed by atoms with Crippen molar-refractivity contribution in [3.63, 3.8) is 0 Å². The average Bonchev–Trinajstić information content (AvgIpc) is 2.76. The molecule has 0 radical (unpaired) electrons. The molecule has 1 aromatic heterocycles. The fourth-order valence-electron chi connectivity index (χ4n) is 2.27. The largest absolute Gasteiger partial charge is 0.320 e. The van der Waals surface area contributed by atoms with Crippen molar-refractivity contribution >= 4 is 0 Å². The molecule has 4 nitrogen and oxygen atoms in total. The van der Waals surface area contributed by atoms with Crippen molar-refractivity contribution in [2.75, 3.05) is 0 Å². The van der Waals surface area contributed by atoms with Crippen LogP contribution in [0.25, 0.3) is 0 Å². The van der Waals surface area contributed by atoms with Crippen LogP contribution in [0.2, 0.25) is 0 Å². The Morgan fingerprint density at radius 3 is 2.47 bits per heavy atom. The summed E-state index contributed by atoms with van der Waals surface area (Å²) in [5.74, 6) is 0.952. The van der Waals surface area contributed by atoms with Crippen LogP contribution in [0.1, 0.15) is 41.0 Å². The third-order valence-corrected chi connectivity index (χ3v) is 3.72. The zero-order valence-corrected chi connectivity index (χ0v) is 12.4. The monoisotopic (exact) mass is 258 g/mol. The smallest absolute Gasteiger partial charge is 0.146 e. The summed E-state index contributed by atoms with van der Waals surface area (Å²) in [5.41, 5.74) is 5.38. The van der Waals surface area contributed by atoms with E-state index in [0.717, 1.165) is 12.4 Å². The summed E-state index contributed by atoms with van der Waals surface area (Å²) in [6, 6.07) is 4.83. The Bertz CT molecular complexity index is 572. The van der Waals surface area contributed by atoms with E-state index >= 15 is 0 Å². The van der Waals surface area contributed by atoms with Gasteiger partial charge in [-0.1, -0.05) is 12.1 Å². The molecule has 1 N–H and O–H groups in total. The van der Waals surface area contributed by atoms with Gasteiger partial charge in [0.25, 0.3) is 0 Å². The normalized spacial score (nSPS) is 12.7. The molecule has 2 rings (SSSR count). The van der Waals surface area contributed by atoms with Gasteiger partial charge in [-0.15, -0.1) is 10.2 Å². The van der Waals surface area contributed by atoms with Crippen molar-refractivity contribution in [3.05, 3.63) is 46.5 Å². The van der Waals surface area contributed by atoms with E-state index in [1.807, 2.05) is 11.6 Å². The van der Waals surface area contributed by atoms with E-state index in [0.29, 0.717) is 6.04 Å². The maximum atomic E-state index is 4.09. The molecule has 0 fully saturated rings. The number of aryl methyl sites for hydroxylation is 4.